The average Bonchev–Trinajstić information content (AvgIpc) is 2.59. The molecule has 0 spiro atoms. The smallest absolute Gasteiger partial charge is 0.242 e. The lowest BCUT2D eigenvalue weighted by atomic mass is 10.1. The van der Waals surface area contributed by atoms with E-state index in [4.69, 9.17) is 11.6 Å². The summed E-state index contributed by atoms with van der Waals surface area (Å²) >= 11 is 7.26. The zero-order chi connectivity index (χ0) is 18.4. The molecule has 24 heavy (non-hydrogen) atoms. The molecule has 0 bridgehead atoms. The molecular formula is C14H24ClIN4O4. The second kappa shape index (κ2) is 14.3. The Kier molecular flexibility index (Phi) is 13.6. The van der Waals surface area contributed by atoms with Crippen molar-refractivity contribution in [3.05, 3.63) is 0 Å². The van der Waals surface area contributed by atoms with Gasteiger partial charge in [-0.2, -0.15) is 0 Å². The lowest BCUT2D eigenvalue weighted by Crippen LogP contribution is -2.48. The number of hydrogen-bond acceptors (Lipinski definition) is 4. The molecule has 10 heteroatoms. The molecule has 8 nitrogen and oxygen atoms in total. The van der Waals surface area contributed by atoms with E-state index in [-0.39, 0.29) is 47.0 Å². The molecule has 0 fully saturated rings. The van der Waals surface area contributed by atoms with Gasteiger partial charge in [-0.1, -0.05) is 29.5 Å². The van der Waals surface area contributed by atoms with Crippen molar-refractivity contribution in [1.82, 2.24) is 21.3 Å². The third-order valence-electron chi connectivity index (χ3n) is 2.95. The van der Waals surface area contributed by atoms with Crippen LogP contribution in [0.25, 0.3) is 0 Å². The third-order valence-corrected chi connectivity index (χ3v) is 3.89. The predicted octanol–water partition coefficient (Wildman–Crippen LogP) is -0.316. The van der Waals surface area contributed by atoms with Gasteiger partial charge in [0.05, 0.1) is 4.43 Å². The highest BCUT2D eigenvalue weighted by molar-refractivity contribution is 14.1. The lowest BCUT2D eigenvalue weighted by Gasteiger charge is -2.18. The number of hydrogen-bond donors (Lipinski definition) is 4. The highest BCUT2D eigenvalue weighted by atomic mass is 127. The summed E-state index contributed by atoms with van der Waals surface area (Å²) in [6.07, 6.45) is 1.38. The van der Waals surface area contributed by atoms with Crippen molar-refractivity contribution < 1.29 is 19.2 Å². The summed E-state index contributed by atoms with van der Waals surface area (Å²) in [5.41, 5.74) is 0. The Morgan fingerprint density at radius 3 is 2.17 bits per heavy atom. The van der Waals surface area contributed by atoms with Gasteiger partial charge in [-0.3, -0.25) is 19.2 Å². The topological polar surface area (TPSA) is 116 Å². The van der Waals surface area contributed by atoms with Gasteiger partial charge >= 0.3 is 0 Å². The Bertz CT molecular complexity index is 437. The van der Waals surface area contributed by atoms with Crippen LogP contribution in [0.4, 0.5) is 0 Å². The van der Waals surface area contributed by atoms with E-state index in [1.165, 1.54) is 0 Å². The Hall–Kier alpha value is -1.10. The van der Waals surface area contributed by atoms with Crippen molar-refractivity contribution in [3.8, 4) is 0 Å². The molecule has 0 radical (unpaired) electrons. The first-order valence-corrected chi connectivity index (χ1v) is 9.73. The quantitative estimate of drug-likeness (QED) is 0.176. The molecule has 0 aliphatic carbocycles. The molecule has 0 aliphatic rings. The summed E-state index contributed by atoms with van der Waals surface area (Å²) in [4.78, 5) is 45.8. The molecule has 4 N–H and O–H groups in total. The number of alkyl halides is 2. The minimum atomic E-state index is -0.672. The Labute approximate surface area is 160 Å². The zero-order valence-electron chi connectivity index (χ0n) is 13.6. The molecule has 0 unspecified atom stereocenters. The molecular weight excluding hydrogens is 451 g/mol. The van der Waals surface area contributed by atoms with E-state index in [2.05, 4.69) is 21.3 Å². The van der Waals surface area contributed by atoms with E-state index < -0.39 is 6.04 Å². The number of rotatable bonds is 12. The largest absolute Gasteiger partial charge is 0.356 e. The Morgan fingerprint density at radius 1 is 0.958 bits per heavy atom. The normalized spacial score (nSPS) is 11.3. The average molecular weight is 475 g/mol. The lowest BCUT2D eigenvalue weighted by molar-refractivity contribution is -0.128. The fraction of sp³-hybridized carbons (Fsp3) is 0.714. The molecule has 0 aliphatic heterocycles. The Morgan fingerprint density at radius 2 is 1.58 bits per heavy atom. The molecule has 0 saturated heterocycles. The SMILES string of the molecule is CCC(=O)NCCC[C@H](NC(=O)CI)C(=O)NCCNC(=O)CCl. The highest BCUT2D eigenvalue weighted by Gasteiger charge is 2.19. The fourth-order valence-corrected chi connectivity index (χ4v) is 2.03. The summed E-state index contributed by atoms with van der Waals surface area (Å²) in [6, 6.07) is -0.672. The van der Waals surface area contributed by atoms with Crippen molar-refractivity contribution >= 4 is 57.8 Å². The molecule has 0 rings (SSSR count). The summed E-state index contributed by atoms with van der Waals surface area (Å²) in [7, 11) is 0. The maximum absolute atomic E-state index is 12.1. The van der Waals surface area contributed by atoms with Crippen LogP contribution in [0, 0.1) is 0 Å². The van der Waals surface area contributed by atoms with Crippen LogP contribution in [-0.2, 0) is 19.2 Å². The van der Waals surface area contributed by atoms with Gasteiger partial charge < -0.3 is 21.3 Å². The van der Waals surface area contributed by atoms with Gasteiger partial charge in [0.15, 0.2) is 0 Å². The monoisotopic (exact) mass is 474 g/mol. The molecule has 0 aromatic carbocycles. The van der Waals surface area contributed by atoms with Gasteiger partial charge in [0.1, 0.15) is 11.9 Å². The van der Waals surface area contributed by atoms with Crippen LogP contribution in [0.15, 0.2) is 0 Å². The van der Waals surface area contributed by atoms with Gasteiger partial charge in [-0.25, -0.2) is 0 Å². The van der Waals surface area contributed by atoms with E-state index in [1.54, 1.807) is 6.92 Å². The number of nitrogens with one attached hydrogen (secondary N) is 4. The molecule has 138 valence electrons. The number of amides is 4. The fourth-order valence-electron chi connectivity index (χ4n) is 1.72. The molecule has 4 amide bonds. The van der Waals surface area contributed by atoms with E-state index in [0.29, 0.717) is 25.8 Å². The van der Waals surface area contributed by atoms with Crippen molar-refractivity contribution in [1.29, 1.82) is 0 Å². The highest BCUT2D eigenvalue weighted by Crippen LogP contribution is 1.98. The standard InChI is InChI=1S/C14H24ClIN4O4/c1-2-11(21)17-5-3-4-10(20-13(23)9-16)14(24)19-7-6-18-12(22)8-15/h10H,2-9H2,1H3,(H,17,21)(H,18,22)(H,19,24)(H,20,23)/t10-/m0/s1. The van der Waals surface area contributed by atoms with Crippen molar-refractivity contribution in [2.24, 2.45) is 0 Å². The van der Waals surface area contributed by atoms with Gasteiger partial charge in [0, 0.05) is 26.1 Å². The van der Waals surface area contributed by atoms with Crippen LogP contribution in [0.3, 0.4) is 0 Å². The minimum absolute atomic E-state index is 0.0534. The first kappa shape index (κ1) is 22.9. The van der Waals surface area contributed by atoms with Gasteiger partial charge in [-0.05, 0) is 12.8 Å². The van der Waals surface area contributed by atoms with Crippen molar-refractivity contribution in [2.45, 2.75) is 32.2 Å². The van der Waals surface area contributed by atoms with E-state index in [1.807, 2.05) is 22.6 Å². The Balaban J connectivity index is 4.26. The van der Waals surface area contributed by atoms with Gasteiger partial charge in [-0.15, -0.1) is 11.6 Å². The number of halogens is 2. The van der Waals surface area contributed by atoms with Crippen molar-refractivity contribution in [2.75, 3.05) is 29.9 Å². The summed E-state index contributed by atoms with van der Waals surface area (Å²) in [5, 5.41) is 10.5. The van der Waals surface area contributed by atoms with Crippen molar-refractivity contribution in [3.63, 3.8) is 0 Å². The maximum atomic E-state index is 12.1. The van der Waals surface area contributed by atoms with Crippen LogP contribution in [0.5, 0.6) is 0 Å². The van der Waals surface area contributed by atoms with Gasteiger partial charge in [0.2, 0.25) is 23.6 Å². The van der Waals surface area contributed by atoms with Crippen LogP contribution >= 0.6 is 34.2 Å². The summed E-state index contributed by atoms with van der Waals surface area (Å²) in [6.45, 7) is 2.71. The molecule has 0 aromatic heterocycles. The second-order valence-electron chi connectivity index (χ2n) is 4.87. The molecule has 0 aromatic rings. The maximum Gasteiger partial charge on any atom is 0.242 e. The molecule has 0 heterocycles. The predicted molar refractivity (Wildman–Crippen MR) is 100 cm³/mol. The van der Waals surface area contributed by atoms with Crippen LogP contribution in [0.1, 0.15) is 26.2 Å². The summed E-state index contributed by atoms with van der Waals surface area (Å²) < 4.78 is 0.250. The molecule has 0 saturated carbocycles. The van der Waals surface area contributed by atoms with Crippen LogP contribution < -0.4 is 21.3 Å². The third kappa shape index (κ3) is 11.4. The summed E-state index contributed by atoms with van der Waals surface area (Å²) in [5.74, 6) is -1.06. The van der Waals surface area contributed by atoms with E-state index >= 15 is 0 Å². The number of carbonyl (C=O) groups is 4. The number of carbonyl (C=O) groups excluding carboxylic acids is 4. The molecule has 1 atom stereocenters. The van der Waals surface area contributed by atoms with Crippen LogP contribution in [-0.4, -0.2) is 59.6 Å². The zero-order valence-corrected chi connectivity index (χ0v) is 16.5. The minimum Gasteiger partial charge on any atom is -0.356 e. The first-order valence-electron chi connectivity index (χ1n) is 7.67. The second-order valence-corrected chi connectivity index (χ2v) is 5.90. The van der Waals surface area contributed by atoms with Crippen LogP contribution in [0.2, 0.25) is 0 Å². The van der Waals surface area contributed by atoms with E-state index in [9.17, 15) is 19.2 Å². The van der Waals surface area contributed by atoms with E-state index in [0.717, 1.165) is 0 Å². The first-order chi connectivity index (χ1) is 11.4. The van der Waals surface area contributed by atoms with Gasteiger partial charge in [0.25, 0.3) is 0 Å².